The highest BCUT2D eigenvalue weighted by Gasteiger charge is 2.70. The Kier molecular flexibility index (Phi) is 8.71. The number of benzene rings is 1. The smallest absolute Gasteiger partial charge is 0.458 e. The van der Waals surface area contributed by atoms with E-state index in [9.17, 15) is 29.2 Å². The van der Waals surface area contributed by atoms with Crippen LogP contribution in [0, 0.1) is 0 Å². The van der Waals surface area contributed by atoms with Crippen molar-refractivity contribution in [2.24, 2.45) is 0 Å². The summed E-state index contributed by atoms with van der Waals surface area (Å²) in [6, 6.07) is 7.39. The number of aromatic amines is 1. The number of carbonyl (C=O) groups is 1. The van der Waals surface area contributed by atoms with Crippen molar-refractivity contribution in [3.63, 3.8) is 0 Å². The van der Waals surface area contributed by atoms with Crippen molar-refractivity contribution >= 4 is 29.4 Å². The average molecular weight is 569 g/mol. The number of nitrogens with zero attached hydrogens (tertiary/aromatic N) is 1. The van der Waals surface area contributed by atoms with Gasteiger partial charge in [-0.1, -0.05) is 18.2 Å². The monoisotopic (exact) mass is 569 g/mol. The molecule has 0 saturated carbocycles. The molecule has 1 fully saturated rings. The molecule has 0 spiro atoms. The molecule has 1 aromatic heterocycles. The number of H-pyrrole nitrogens is 1. The number of aliphatic hydroxyl groups is 2. The molecule has 0 aliphatic carbocycles. The summed E-state index contributed by atoms with van der Waals surface area (Å²) in [7, 11) is -2.52. The van der Waals surface area contributed by atoms with E-state index in [0.29, 0.717) is 4.57 Å². The number of ether oxygens (including phenoxy) is 2. The number of carbonyl (C=O) groups excluding carboxylic acids is 1. The molecule has 1 unspecified atom stereocenters. The lowest BCUT2D eigenvalue weighted by Gasteiger charge is -2.41. The van der Waals surface area contributed by atoms with E-state index in [4.69, 9.17) is 18.5 Å². The van der Waals surface area contributed by atoms with E-state index < -0.39 is 66.3 Å². The van der Waals surface area contributed by atoms with Gasteiger partial charge in [-0.3, -0.25) is 23.7 Å². The Morgan fingerprint density at radius 3 is 2.44 bits per heavy atom. The zero-order valence-electron chi connectivity index (χ0n) is 22.3. The number of hydrogen-bond donors (Lipinski definition) is 4. The van der Waals surface area contributed by atoms with Crippen LogP contribution in [0.4, 0.5) is 4.39 Å². The van der Waals surface area contributed by atoms with Gasteiger partial charge in [0.1, 0.15) is 39.2 Å². The fourth-order valence-electron chi connectivity index (χ4n) is 3.96. The van der Waals surface area contributed by atoms with Crippen LogP contribution in [-0.2, 0) is 23.4 Å². The van der Waals surface area contributed by atoms with Crippen LogP contribution in [0.5, 0.6) is 5.75 Å². The molecule has 0 radical (unpaired) electrons. The standard InChI is InChI=1S/C22H31B2FN3O10P/c1-12(2)35-16(30)13(3)27-39(34,37-14-8-6-5-7-9-14)38-22(23,24)21(25)17(31)20(4,33)18(36-21)28-11-10-15(29)26-19(28)32/h5-13,17-18,31,33H,23-24H2,1-4H3,(H,27,34)(H,26,29,32)/t13-,17-,18+,20+,21-,39?/m0/s1. The highest BCUT2D eigenvalue weighted by Crippen LogP contribution is 2.55. The van der Waals surface area contributed by atoms with Gasteiger partial charge in [0.15, 0.2) is 6.23 Å². The van der Waals surface area contributed by atoms with E-state index in [1.54, 1.807) is 32.0 Å². The Hall–Kier alpha value is -2.74. The largest absolute Gasteiger partial charge is 0.462 e. The fraction of sp³-hybridized carbons (Fsp3) is 0.500. The first-order valence-corrected chi connectivity index (χ1v) is 13.6. The van der Waals surface area contributed by atoms with Gasteiger partial charge in [-0.25, -0.2) is 13.8 Å². The Bertz CT molecular complexity index is 1360. The van der Waals surface area contributed by atoms with Gasteiger partial charge in [0.25, 0.3) is 11.4 Å². The zero-order valence-corrected chi connectivity index (χ0v) is 23.2. The summed E-state index contributed by atoms with van der Waals surface area (Å²) >= 11 is 0. The van der Waals surface area contributed by atoms with Gasteiger partial charge >= 0.3 is 19.4 Å². The van der Waals surface area contributed by atoms with E-state index in [1.807, 2.05) is 4.98 Å². The first kappa shape index (κ1) is 30.8. The molecule has 1 saturated heterocycles. The van der Waals surface area contributed by atoms with Crippen LogP contribution < -0.4 is 20.9 Å². The predicted molar refractivity (Wildman–Crippen MR) is 141 cm³/mol. The number of aliphatic hydroxyl groups excluding tert-OH is 1. The fourth-order valence-corrected chi connectivity index (χ4v) is 5.80. The lowest BCUT2D eigenvalue weighted by Crippen LogP contribution is -2.62. The minimum atomic E-state index is -4.67. The third kappa shape index (κ3) is 6.37. The normalized spacial score (nSPS) is 27.6. The summed E-state index contributed by atoms with van der Waals surface area (Å²) in [5.74, 6) is -4.06. The van der Waals surface area contributed by atoms with Crippen LogP contribution in [0.1, 0.15) is 33.9 Å². The number of hydrogen-bond acceptors (Lipinski definition) is 10. The number of halogens is 1. The molecule has 4 N–H and O–H groups in total. The van der Waals surface area contributed by atoms with Crippen LogP contribution in [0.15, 0.2) is 52.2 Å². The molecule has 13 nitrogen and oxygen atoms in total. The molecule has 0 amide bonds. The number of nitrogens with one attached hydrogen (secondary N) is 2. The second-order valence-electron chi connectivity index (χ2n) is 10.1. The SMILES string of the molecule is BC(B)(OP(=O)(N[C@@H](C)C(=O)OC(C)C)Oc1ccccc1)[C@@]1(F)O[C@@H](n2ccc(=O)[nH]c2=O)[C@](C)(O)[C@@H]1O. The van der Waals surface area contributed by atoms with Crippen molar-refractivity contribution in [3.05, 3.63) is 63.4 Å². The molecule has 39 heavy (non-hydrogen) atoms. The summed E-state index contributed by atoms with van der Waals surface area (Å²) in [6.45, 7) is 5.58. The summed E-state index contributed by atoms with van der Waals surface area (Å²) in [5.41, 5.74) is -4.23. The van der Waals surface area contributed by atoms with E-state index in [0.717, 1.165) is 34.9 Å². The quantitative estimate of drug-likeness (QED) is 0.155. The van der Waals surface area contributed by atoms with Crippen LogP contribution in [-0.4, -0.2) is 76.5 Å². The van der Waals surface area contributed by atoms with E-state index in [-0.39, 0.29) is 5.75 Å². The Balaban J connectivity index is 1.99. The maximum absolute atomic E-state index is 16.6. The predicted octanol–water partition coefficient (Wildman–Crippen LogP) is -1.10. The van der Waals surface area contributed by atoms with Gasteiger partial charge in [-0.15, -0.1) is 0 Å². The summed E-state index contributed by atoms with van der Waals surface area (Å²) in [6.07, 6.45) is -3.73. The van der Waals surface area contributed by atoms with E-state index in [2.05, 4.69) is 5.09 Å². The van der Waals surface area contributed by atoms with Gasteiger partial charge in [0.2, 0.25) is 0 Å². The van der Waals surface area contributed by atoms with Crippen molar-refractivity contribution in [1.82, 2.24) is 14.6 Å². The summed E-state index contributed by atoms with van der Waals surface area (Å²) < 4.78 is 53.0. The lowest BCUT2D eigenvalue weighted by molar-refractivity contribution is -0.227. The van der Waals surface area contributed by atoms with Crippen molar-refractivity contribution in [2.45, 2.75) is 69.0 Å². The number of alkyl halides is 1. The minimum absolute atomic E-state index is 0.0408. The Morgan fingerprint density at radius 2 is 1.87 bits per heavy atom. The molecule has 6 atom stereocenters. The molecule has 3 rings (SSSR count). The molecule has 0 bridgehead atoms. The number of esters is 1. The molecule has 2 aromatic rings. The van der Waals surface area contributed by atoms with Crippen LogP contribution in [0.25, 0.3) is 0 Å². The number of rotatable bonds is 10. The maximum atomic E-state index is 16.6. The summed E-state index contributed by atoms with van der Waals surface area (Å²) in [5, 5.41) is 22.0. The maximum Gasteiger partial charge on any atom is 0.458 e. The number of para-hydroxylation sites is 1. The summed E-state index contributed by atoms with van der Waals surface area (Å²) in [4.78, 5) is 38.2. The van der Waals surface area contributed by atoms with Crippen molar-refractivity contribution < 1.29 is 42.5 Å². The second kappa shape index (κ2) is 11.0. The van der Waals surface area contributed by atoms with Crippen LogP contribution in [0.2, 0.25) is 0 Å². The molecule has 212 valence electrons. The van der Waals surface area contributed by atoms with Gasteiger partial charge in [0.05, 0.1) is 11.5 Å². The van der Waals surface area contributed by atoms with Crippen LogP contribution in [0.3, 0.4) is 0 Å². The number of aromatic nitrogens is 2. The lowest BCUT2D eigenvalue weighted by atomic mass is 9.59. The zero-order chi connectivity index (χ0) is 29.4. The first-order chi connectivity index (χ1) is 17.9. The minimum Gasteiger partial charge on any atom is -0.462 e. The topological polar surface area (TPSA) is 178 Å². The Morgan fingerprint density at radius 1 is 1.26 bits per heavy atom. The van der Waals surface area contributed by atoms with Gasteiger partial charge < -0.3 is 24.2 Å². The van der Waals surface area contributed by atoms with Crippen molar-refractivity contribution in [3.8, 4) is 5.75 Å². The molecule has 17 heteroatoms. The third-order valence-electron chi connectivity index (χ3n) is 5.99. The van der Waals surface area contributed by atoms with Crippen molar-refractivity contribution in [2.75, 3.05) is 0 Å². The molecular weight excluding hydrogens is 538 g/mol. The van der Waals surface area contributed by atoms with Crippen LogP contribution >= 0.6 is 7.75 Å². The molecular formula is C22H31B2FN3O10P. The van der Waals surface area contributed by atoms with Gasteiger partial charge in [0, 0.05) is 12.3 Å². The Labute approximate surface area is 225 Å². The second-order valence-corrected chi connectivity index (χ2v) is 11.7. The molecule has 1 aromatic carbocycles. The van der Waals surface area contributed by atoms with Gasteiger partial charge in [-0.2, -0.15) is 5.09 Å². The van der Waals surface area contributed by atoms with Gasteiger partial charge in [-0.05, 0) is 39.8 Å². The molecule has 1 aliphatic rings. The molecule has 1 aliphatic heterocycles. The van der Waals surface area contributed by atoms with E-state index in [1.165, 1.54) is 19.1 Å². The molecule has 2 heterocycles. The van der Waals surface area contributed by atoms with E-state index >= 15 is 4.39 Å². The van der Waals surface area contributed by atoms with Crippen molar-refractivity contribution in [1.29, 1.82) is 0 Å². The first-order valence-electron chi connectivity index (χ1n) is 12.0. The third-order valence-corrected chi connectivity index (χ3v) is 7.84. The highest BCUT2D eigenvalue weighted by molar-refractivity contribution is 7.52. The highest BCUT2D eigenvalue weighted by atomic mass is 31.2. The average Bonchev–Trinajstić information content (AvgIpc) is 3.00.